The van der Waals surface area contributed by atoms with Crippen molar-refractivity contribution in [2.45, 2.75) is 24.5 Å². The van der Waals surface area contributed by atoms with E-state index in [4.69, 9.17) is 5.11 Å². The predicted octanol–water partition coefficient (Wildman–Crippen LogP) is -0.0544. The number of thioether (sulfide) groups is 1. The van der Waals surface area contributed by atoms with Crippen molar-refractivity contribution < 1.29 is 9.90 Å². The van der Waals surface area contributed by atoms with E-state index >= 15 is 0 Å². The fourth-order valence-corrected chi connectivity index (χ4v) is 2.68. The summed E-state index contributed by atoms with van der Waals surface area (Å²) in [6.45, 7) is 3.16. The van der Waals surface area contributed by atoms with Crippen LogP contribution in [0.15, 0.2) is 5.16 Å². The molecule has 94 valence electrons. The molecule has 1 fully saturated rings. The highest BCUT2D eigenvalue weighted by molar-refractivity contribution is 7.99. The normalized spacial score (nSPS) is 16.5. The molecule has 0 saturated carbocycles. The van der Waals surface area contributed by atoms with Crippen LogP contribution in [0.2, 0.25) is 0 Å². The number of aliphatic carboxylic acids is 1. The van der Waals surface area contributed by atoms with Gasteiger partial charge in [0, 0.05) is 12.3 Å². The second-order valence-electron chi connectivity index (χ2n) is 3.91. The summed E-state index contributed by atoms with van der Waals surface area (Å²) in [5, 5.41) is 20.2. The van der Waals surface area contributed by atoms with Crippen molar-refractivity contribution in [1.29, 1.82) is 0 Å². The Morgan fingerprint density at radius 3 is 2.88 bits per heavy atom. The van der Waals surface area contributed by atoms with Gasteiger partial charge < -0.3 is 10.0 Å². The van der Waals surface area contributed by atoms with Gasteiger partial charge in [0.1, 0.15) is 6.54 Å². The maximum atomic E-state index is 10.6. The summed E-state index contributed by atoms with van der Waals surface area (Å²) < 4.78 is 1.32. The molecule has 2 rings (SSSR count). The van der Waals surface area contributed by atoms with E-state index in [1.807, 2.05) is 0 Å². The van der Waals surface area contributed by atoms with Crippen LogP contribution in [0, 0.1) is 0 Å². The summed E-state index contributed by atoms with van der Waals surface area (Å²) in [6, 6.07) is 0. The lowest BCUT2D eigenvalue weighted by Crippen LogP contribution is -2.22. The zero-order valence-electron chi connectivity index (χ0n) is 9.45. The number of aromatic nitrogens is 4. The molecule has 1 aliphatic heterocycles. The monoisotopic (exact) mass is 257 g/mol. The zero-order valence-corrected chi connectivity index (χ0v) is 10.3. The van der Waals surface area contributed by atoms with Gasteiger partial charge in [0.25, 0.3) is 0 Å². The minimum Gasteiger partial charge on any atom is -0.480 e. The van der Waals surface area contributed by atoms with Crippen LogP contribution >= 0.6 is 11.8 Å². The van der Waals surface area contributed by atoms with E-state index in [0.29, 0.717) is 5.16 Å². The molecule has 0 bridgehead atoms. The molecule has 0 spiro atoms. The fraction of sp³-hybridized carbons (Fsp3) is 0.778. The molecule has 1 aromatic heterocycles. The van der Waals surface area contributed by atoms with Crippen molar-refractivity contribution in [2.75, 3.05) is 25.4 Å². The highest BCUT2D eigenvalue weighted by atomic mass is 32.2. The summed E-state index contributed by atoms with van der Waals surface area (Å²) in [5.74, 6) is -0.0429. The van der Waals surface area contributed by atoms with Crippen molar-refractivity contribution in [3.8, 4) is 0 Å². The Morgan fingerprint density at radius 2 is 2.18 bits per heavy atom. The van der Waals surface area contributed by atoms with Gasteiger partial charge in [-0.2, -0.15) is 0 Å². The highest BCUT2D eigenvalue weighted by Gasteiger charge is 2.13. The number of carboxylic acid groups (broad SMARTS) is 1. The second kappa shape index (κ2) is 5.97. The molecular formula is C9H15N5O2S. The Morgan fingerprint density at radius 1 is 1.41 bits per heavy atom. The summed E-state index contributed by atoms with van der Waals surface area (Å²) >= 11 is 1.50. The number of carbonyl (C=O) groups is 1. The van der Waals surface area contributed by atoms with E-state index in [1.54, 1.807) is 0 Å². The molecule has 1 aromatic rings. The topological polar surface area (TPSA) is 84.1 Å². The molecule has 0 amide bonds. The van der Waals surface area contributed by atoms with Gasteiger partial charge in [-0.15, -0.1) is 5.10 Å². The van der Waals surface area contributed by atoms with E-state index in [1.165, 1.54) is 42.4 Å². The van der Waals surface area contributed by atoms with Gasteiger partial charge in [0.15, 0.2) is 0 Å². The van der Waals surface area contributed by atoms with Gasteiger partial charge >= 0.3 is 5.97 Å². The van der Waals surface area contributed by atoms with Crippen LogP contribution in [0.25, 0.3) is 0 Å². The van der Waals surface area contributed by atoms with E-state index in [9.17, 15) is 4.79 Å². The van der Waals surface area contributed by atoms with Gasteiger partial charge in [-0.3, -0.25) is 4.79 Å². The first kappa shape index (κ1) is 12.3. The third kappa shape index (κ3) is 3.67. The molecule has 0 unspecified atom stereocenters. The number of tetrazole rings is 1. The fourth-order valence-electron chi connectivity index (χ4n) is 1.80. The standard InChI is InChI=1S/C9H15N5O2S/c15-8(16)7-14-9(10-11-12-14)17-6-5-13-3-1-2-4-13/h1-7H2,(H,15,16). The zero-order chi connectivity index (χ0) is 12.1. The molecule has 0 atom stereocenters. The van der Waals surface area contributed by atoms with Gasteiger partial charge in [0.05, 0.1) is 0 Å². The number of likely N-dealkylation sites (tertiary alicyclic amines) is 1. The van der Waals surface area contributed by atoms with E-state index in [-0.39, 0.29) is 6.54 Å². The van der Waals surface area contributed by atoms with Crippen molar-refractivity contribution in [3.05, 3.63) is 0 Å². The average Bonchev–Trinajstić information content (AvgIpc) is 2.90. The first-order valence-corrected chi connectivity index (χ1v) is 6.57. The Bertz CT molecular complexity index is 377. The lowest BCUT2D eigenvalue weighted by molar-refractivity contribution is -0.138. The molecule has 0 radical (unpaired) electrons. The first-order valence-electron chi connectivity index (χ1n) is 5.59. The van der Waals surface area contributed by atoms with Crippen LogP contribution in [-0.2, 0) is 11.3 Å². The quantitative estimate of drug-likeness (QED) is 0.715. The van der Waals surface area contributed by atoms with Crippen LogP contribution in [0.3, 0.4) is 0 Å². The summed E-state index contributed by atoms with van der Waals surface area (Å²) in [5.41, 5.74) is 0. The van der Waals surface area contributed by atoms with Gasteiger partial charge in [-0.1, -0.05) is 11.8 Å². The van der Waals surface area contributed by atoms with Crippen molar-refractivity contribution in [2.24, 2.45) is 0 Å². The maximum Gasteiger partial charge on any atom is 0.325 e. The average molecular weight is 257 g/mol. The number of carboxylic acids is 1. The maximum absolute atomic E-state index is 10.6. The minimum atomic E-state index is -0.932. The second-order valence-corrected chi connectivity index (χ2v) is 4.97. The molecule has 7 nitrogen and oxygen atoms in total. The SMILES string of the molecule is O=C(O)Cn1nnnc1SCCN1CCCC1. The Labute approximate surface area is 103 Å². The lowest BCUT2D eigenvalue weighted by atomic mass is 10.4. The molecule has 1 aliphatic rings. The molecule has 1 saturated heterocycles. The molecular weight excluding hydrogens is 242 g/mol. The van der Waals surface area contributed by atoms with Crippen LogP contribution in [0.1, 0.15) is 12.8 Å². The van der Waals surface area contributed by atoms with Crippen LogP contribution in [0.4, 0.5) is 0 Å². The largest absolute Gasteiger partial charge is 0.480 e. The predicted molar refractivity (Wildman–Crippen MR) is 61.9 cm³/mol. The highest BCUT2D eigenvalue weighted by Crippen LogP contribution is 2.15. The molecule has 8 heteroatoms. The van der Waals surface area contributed by atoms with E-state index < -0.39 is 5.97 Å². The van der Waals surface area contributed by atoms with Crippen molar-refractivity contribution >= 4 is 17.7 Å². The Kier molecular flexibility index (Phi) is 4.32. The molecule has 1 N–H and O–H groups in total. The summed E-state index contributed by atoms with van der Waals surface area (Å²) in [4.78, 5) is 13.0. The smallest absolute Gasteiger partial charge is 0.325 e. The van der Waals surface area contributed by atoms with Crippen molar-refractivity contribution in [3.63, 3.8) is 0 Å². The summed E-state index contributed by atoms with van der Waals surface area (Å²) in [6.07, 6.45) is 2.56. The summed E-state index contributed by atoms with van der Waals surface area (Å²) in [7, 11) is 0. The van der Waals surface area contributed by atoms with Crippen molar-refractivity contribution in [1.82, 2.24) is 25.1 Å². The molecule has 0 aliphatic carbocycles. The molecule has 17 heavy (non-hydrogen) atoms. The first-order chi connectivity index (χ1) is 8.25. The molecule has 0 aromatic carbocycles. The van der Waals surface area contributed by atoms with E-state index in [0.717, 1.165) is 12.3 Å². The van der Waals surface area contributed by atoms with Gasteiger partial charge in [-0.05, 0) is 36.4 Å². The Hall–Kier alpha value is -1.15. The third-order valence-corrected chi connectivity index (χ3v) is 3.56. The number of rotatable bonds is 6. The number of hydrogen-bond donors (Lipinski definition) is 1. The van der Waals surface area contributed by atoms with Gasteiger partial charge in [0.2, 0.25) is 5.16 Å². The Balaban J connectivity index is 1.77. The third-order valence-electron chi connectivity index (χ3n) is 2.62. The van der Waals surface area contributed by atoms with Crippen LogP contribution in [-0.4, -0.2) is 61.6 Å². The van der Waals surface area contributed by atoms with Crippen LogP contribution < -0.4 is 0 Å². The lowest BCUT2D eigenvalue weighted by Gasteiger charge is -2.13. The molecule has 2 heterocycles. The number of nitrogens with zero attached hydrogens (tertiary/aromatic N) is 5. The van der Waals surface area contributed by atoms with E-state index in [2.05, 4.69) is 20.4 Å². The minimum absolute atomic E-state index is 0.182. The number of hydrogen-bond acceptors (Lipinski definition) is 6. The van der Waals surface area contributed by atoms with Crippen LogP contribution in [0.5, 0.6) is 0 Å². The van der Waals surface area contributed by atoms with Gasteiger partial charge in [-0.25, -0.2) is 4.68 Å².